The lowest BCUT2D eigenvalue weighted by Gasteiger charge is -2.53. The number of aromatic hydroxyl groups is 1. The van der Waals surface area contributed by atoms with Crippen molar-refractivity contribution < 1.29 is 29.3 Å². The third-order valence-corrected chi connectivity index (χ3v) is 10.9. The normalized spacial score (nSPS) is 31.9. The molecule has 5 atom stereocenters. The van der Waals surface area contributed by atoms with Crippen molar-refractivity contribution in [1.82, 2.24) is 0 Å². The molecule has 4 aliphatic rings. The lowest BCUT2D eigenvalue weighted by Crippen LogP contribution is -2.49. The van der Waals surface area contributed by atoms with Crippen LogP contribution in [-0.4, -0.2) is 35.4 Å². The van der Waals surface area contributed by atoms with E-state index in [1.807, 2.05) is 30.3 Å². The van der Waals surface area contributed by atoms with E-state index >= 15 is 0 Å². The predicted molar refractivity (Wildman–Crippen MR) is 146 cm³/mol. The number of carbonyl (C=O) groups excluding carboxylic acids is 2. The van der Waals surface area contributed by atoms with Gasteiger partial charge in [0.15, 0.2) is 5.41 Å². The number of fused-ring (bicyclic) bond motifs is 6. The Bertz CT molecular complexity index is 1300. The molecule has 2 saturated carbocycles. The Labute approximate surface area is 230 Å². The van der Waals surface area contributed by atoms with E-state index in [1.165, 1.54) is 11.1 Å². The van der Waals surface area contributed by atoms with Gasteiger partial charge in [-0.3, -0.25) is 9.59 Å². The van der Waals surface area contributed by atoms with Crippen molar-refractivity contribution in [3.05, 3.63) is 64.2 Å². The molecule has 6 nitrogen and oxygen atoms in total. The molecule has 6 heteroatoms. The standard InChI is InChI=1S/C33H40O6/c1-4-38-29(35)32(30(36)39-5-2)18-21-6-8-23(16-22(21)19-32)33(37)15-13-28-27-10-7-20-17-24(34)9-11-25(20)26(27)12-14-31(28,33)3/h6,8-9,11,16-17,26-28,34,37H,4-5,7,10,12-15,18-19H2,1-3H3/t26-,27-,28+,31+,33-/m1/s1. The summed E-state index contributed by atoms with van der Waals surface area (Å²) in [4.78, 5) is 26.1. The zero-order valence-corrected chi connectivity index (χ0v) is 23.3. The number of carbonyl (C=O) groups is 2. The third-order valence-electron chi connectivity index (χ3n) is 10.9. The third kappa shape index (κ3) is 3.77. The van der Waals surface area contributed by atoms with Gasteiger partial charge in [0.05, 0.1) is 18.8 Å². The Morgan fingerprint density at radius 1 is 0.897 bits per heavy atom. The summed E-state index contributed by atoms with van der Waals surface area (Å²) in [7, 11) is 0. The molecular formula is C33H40O6. The van der Waals surface area contributed by atoms with Crippen molar-refractivity contribution in [1.29, 1.82) is 0 Å². The number of hydrogen-bond donors (Lipinski definition) is 2. The molecule has 2 aromatic carbocycles. The first-order valence-electron chi connectivity index (χ1n) is 14.7. The van der Waals surface area contributed by atoms with Gasteiger partial charge in [0.1, 0.15) is 5.75 Å². The van der Waals surface area contributed by atoms with E-state index in [1.54, 1.807) is 13.8 Å². The number of aryl methyl sites for hydroxylation is 1. The van der Waals surface area contributed by atoms with E-state index in [-0.39, 0.29) is 31.5 Å². The fourth-order valence-electron chi connectivity index (χ4n) is 8.90. The lowest BCUT2D eigenvalue weighted by molar-refractivity contribution is -0.171. The SMILES string of the molecule is CCOC(=O)C1(C(=O)OCC)Cc2ccc([C@]3(O)CC[C@H]4[C@@H]5CCc6cc(O)ccc6[C@H]5CC[C@@]43C)cc2C1. The van der Waals surface area contributed by atoms with Crippen LogP contribution in [0.1, 0.15) is 86.6 Å². The van der Waals surface area contributed by atoms with E-state index in [2.05, 4.69) is 13.0 Å². The van der Waals surface area contributed by atoms with Crippen LogP contribution in [0.3, 0.4) is 0 Å². The molecule has 0 saturated heterocycles. The smallest absolute Gasteiger partial charge is 0.324 e. The van der Waals surface area contributed by atoms with E-state index in [9.17, 15) is 19.8 Å². The number of aliphatic hydroxyl groups is 1. The van der Waals surface area contributed by atoms with Crippen LogP contribution >= 0.6 is 0 Å². The van der Waals surface area contributed by atoms with Gasteiger partial charge >= 0.3 is 11.9 Å². The van der Waals surface area contributed by atoms with Crippen LogP contribution < -0.4 is 0 Å². The average Bonchev–Trinajstić information content (AvgIpc) is 3.45. The summed E-state index contributed by atoms with van der Waals surface area (Å²) >= 11 is 0. The van der Waals surface area contributed by atoms with Gasteiger partial charge in [0, 0.05) is 5.41 Å². The summed E-state index contributed by atoms with van der Waals surface area (Å²) in [5, 5.41) is 22.5. The number of benzene rings is 2. The Hall–Kier alpha value is -2.86. The number of rotatable bonds is 5. The van der Waals surface area contributed by atoms with Gasteiger partial charge in [0.2, 0.25) is 0 Å². The molecule has 0 amide bonds. The largest absolute Gasteiger partial charge is 0.508 e. The molecule has 0 heterocycles. The Kier molecular flexibility index (Phi) is 6.33. The molecule has 0 aliphatic heterocycles. The molecule has 4 aliphatic carbocycles. The van der Waals surface area contributed by atoms with E-state index in [4.69, 9.17) is 9.47 Å². The van der Waals surface area contributed by atoms with E-state index in [0.29, 0.717) is 29.9 Å². The van der Waals surface area contributed by atoms with Crippen LogP contribution in [0.2, 0.25) is 0 Å². The highest BCUT2D eigenvalue weighted by molar-refractivity contribution is 6.01. The molecule has 0 bridgehead atoms. The van der Waals surface area contributed by atoms with E-state index < -0.39 is 23.0 Å². The molecule has 2 N–H and O–H groups in total. The van der Waals surface area contributed by atoms with Crippen molar-refractivity contribution in [3.63, 3.8) is 0 Å². The number of hydrogen-bond acceptors (Lipinski definition) is 6. The molecule has 208 valence electrons. The fraction of sp³-hybridized carbons (Fsp3) is 0.576. The van der Waals surface area contributed by atoms with Crippen molar-refractivity contribution in [2.24, 2.45) is 22.7 Å². The molecule has 2 aromatic rings. The number of esters is 2. The van der Waals surface area contributed by atoms with Crippen LogP contribution in [0.4, 0.5) is 0 Å². The lowest BCUT2D eigenvalue weighted by atomic mass is 9.52. The van der Waals surface area contributed by atoms with Crippen LogP contribution in [0, 0.1) is 22.7 Å². The van der Waals surface area contributed by atoms with Crippen molar-refractivity contribution in [3.8, 4) is 5.75 Å². The Balaban J connectivity index is 1.30. The summed E-state index contributed by atoms with van der Waals surface area (Å²) in [6.45, 7) is 6.17. The van der Waals surface area contributed by atoms with Gasteiger partial charge in [-0.2, -0.15) is 0 Å². The maximum absolute atomic E-state index is 13.0. The highest BCUT2D eigenvalue weighted by Gasteiger charge is 2.62. The minimum absolute atomic E-state index is 0.203. The summed E-state index contributed by atoms with van der Waals surface area (Å²) < 4.78 is 10.7. The quantitative estimate of drug-likeness (QED) is 0.399. The number of ether oxygens (including phenoxy) is 2. The first kappa shape index (κ1) is 26.4. The molecule has 39 heavy (non-hydrogen) atoms. The van der Waals surface area contributed by atoms with Crippen LogP contribution in [0.25, 0.3) is 0 Å². The topological polar surface area (TPSA) is 93.1 Å². The molecule has 0 spiro atoms. The van der Waals surface area contributed by atoms with Crippen LogP contribution in [0.15, 0.2) is 36.4 Å². The Morgan fingerprint density at radius 2 is 1.62 bits per heavy atom. The van der Waals surface area contributed by atoms with Crippen molar-refractivity contribution in [2.45, 2.75) is 83.7 Å². The minimum Gasteiger partial charge on any atom is -0.508 e. The number of phenolic OH excluding ortho intramolecular Hbond substituents is 1. The number of phenols is 1. The summed E-state index contributed by atoms with van der Waals surface area (Å²) in [6, 6.07) is 11.9. The monoisotopic (exact) mass is 532 g/mol. The van der Waals surface area contributed by atoms with Crippen molar-refractivity contribution >= 4 is 11.9 Å². The van der Waals surface area contributed by atoms with Gasteiger partial charge in [-0.05, 0) is 123 Å². The van der Waals surface area contributed by atoms with Gasteiger partial charge < -0.3 is 19.7 Å². The molecule has 0 unspecified atom stereocenters. The second kappa shape index (κ2) is 9.36. The molecular weight excluding hydrogens is 492 g/mol. The van der Waals surface area contributed by atoms with Gasteiger partial charge in [-0.25, -0.2) is 0 Å². The molecule has 6 rings (SSSR count). The summed E-state index contributed by atoms with van der Waals surface area (Å²) in [5.74, 6) is 0.687. The highest BCUT2D eigenvalue weighted by Crippen LogP contribution is 2.67. The van der Waals surface area contributed by atoms with Crippen LogP contribution in [0.5, 0.6) is 5.75 Å². The van der Waals surface area contributed by atoms with Gasteiger partial charge in [-0.15, -0.1) is 0 Å². The maximum Gasteiger partial charge on any atom is 0.324 e. The molecule has 0 aromatic heterocycles. The summed E-state index contributed by atoms with van der Waals surface area (Å²) in [5.41, 5.74) is 2.84. The van der Waals surface area contributed by atoms with Crippen molar-refractivity contribution in [2.75, 3.05) is 13.2 Å². The second-order valence-electron chi connectivity index (χ2n) is 12.5. The molecule has 0 radical (unpaired) electrons. The first-order valence-corrected chi connectivity index (χ1v) is 14.7. The van der Waals surface area contributed by atoms with Gasteiger partial charge in [0.25, 0.3) is 0 Å². The minimum atomic E-state index is -1.36. The average molecular weight is 533 g/mol. The van der Waals surface area contributed by atoms with Crippen LogP contribution in [-0.2, 0) is 43.9 Å². The predicted octanol–water partition coefficient (Wildman–Crippen LogP) is 5.35. The van der Waals surface area contributed by atoms with Gasteiger partial charge in [-0.1, -0.05) is 31.2 Å². The zero-order chi connectivity index (χ0) is 27.6. The zero-order valence-electron chi connectivity index (χ0n) is 23.3. The first-order chi connectivity index (χ1) is 18.7. The van der Waals surface area contributed by atoms with E-state index in [0.717, 1.165) is 48.8 Å². The fourth-order valence-corrected chi connectivity index (χ4v) is 8.90. The summed E-state index contributed by atoms with van der Waals surface area (Å²) in [6.07, 6.45) is 6.20. The second-order valence-corrected chi connectivity index (χ2v) is 12.5. The maximum atomic E-state index is 13.0. The Morgan fingerprint density at radius 3 is 2.33 bits per heavy atom. The highest BCUT2D eigenvalue weighted by atomic mass is 16.6. The molecule has 2 fully saturated rings.